The maximum Gasteiger partial charge on any atom is 0.253 e. The fourth-order valence-corrected chi connectivity index (χ4v) is 8.19. The monoisotopic (exact) mass is 824 g/mol. The Kier molecular flexibility index (Phi) is 16.4. The van der Waals surface area contributed by atoms with Crippen LogP contribution in [0, 0.1) is 11.8 Å². The summed E-state index contributed by atoms with van der Waals surface area (Å²) in [4.78, 5) is 92.2. The van der Waals surface area contributed by atoms with E-state index >= 15 is 0 Å². The number of nitrogens with one attached hydrogen (secondary N) is 4. The average Bonchev–Trinajstić information content (AvgIpc) is 3.74. The first-order valence-corrected chi connectivity index (χ1v) is 21.1. The summed E-state index contributed by atoms with van der Waals surface area (Å²) in [6, 6.07) is 11.9. The highest BCUT2D eigenvalue weighted by Gasteiger charge is 2.39. The van der Waals surface area contributed by atoms with Crippen LogP contribution in [0.5, 0.6) is 0 Å². The third-order valence-corrected chi connectivity index (χ3v) is 11.3. The number of hydrogen-bond donors (Lipinski definition) is 7. The number of hydrogen-bond acceptors (Lipinski definition) is 8. The minimum absolute atomic E-state index is 0.00381. The summed E-state index contributed by atoms with van der Waals surface area (Å²) < 4.78 is 0. The number of carbonyl (C=O) groups is 6. The SMILES string of the molecule is CC(C)C[C@H](NC(=O)[C@H](CCCN=C(N)N)NC(=O)[C@@H](NC(=O)[C@H](Cc1ccc2ccccc2c1)NC(=O)c1cccnc1)C1CCCCC1)C(=O)N1CCC[C@H]1C(N)=O. The van der Waals surface area contributed by atoms with Crippen molar-refractivity contribution in [2.75, 3.05) is 13.1 Å². The molecule has 2 aromatic carbocycles. The minimum Gasteiger partial charge on any atom is -0.370 e. The lowest BCUT2D eigenvalue weighted by atomic mass is 9.83. The molecule has 1 aliphatic carbocycles. The van der Waals surface area contributed by atoms with Crippen LogP contribution in [0.1, 0.15) is 94.0 Å². The van der Waals surface area contributed by atoms with Gasteiger partial charge in [0.1, 0.15) is 30.2 Å². The van der Waals surface area contributed by atoms with Gasteiger partial charge < -0.3 is 43.4 Å². The van der Waals surface area contributed by atoms with Crippen LogP contribution < -0.4 is 38.5 Å². The van der Waals surface area contributed by atoms with E-state index in [1.54, 1.807) is 18.3 Å². The second kappa shape index (κ2) is 21.8. The lowest BCUT2D eigenvalue weighted by molar-refractivity contribution is -0.141. The van der Waals surface area contributed by atoms with Crippen LogP contribution in [0.2, 0.25) is 0 Å². The van der Waals surface area contributed by atoms with E-state index in [0.29, 0.717) is 38.6 Å². The fourth-order valence-electron chi connectivity index (χ4n) is 8.19. The van der Waals surface area contributed by atoms with Gasteiger partial charge in [-0.3, -0.25) is 38.7 Å². The van der Waals surface area contributed by atoms with Crippen molar-refractivity contribution >= 4 is 52.2 Å². The van der Waals surface area contributed by atoms with Gasteiger partial charge >= 0.3 is 0 Å². The van der Waals surface area contributed by atoms with Crippen LogP contribution in [0.15, 0.2) is 72.0 Å². The van der Waals surface area contributed by atoms with Crippen molar-refractivity contribution in [2.45, 2.75) is 115 Å². The average molecular weight is 825 g/mol. The number of primary amides is 1. The topological polar surface area (TPSA) is 257 Å². The van der Waals surface area contributed by atoms with Gasteiger partial charge in [-0.05, 0) is 85.3 Å². The van der Waals surface area contributed by atoms with Crippen LogP contribution in [0.3, 0.4) is 0 Å². The minimum atomic E-state index is -1.14. The highest BCUT2D eigenvalue weighted by molar-refractivity contribution is 5.99. The maximum absolute atomic E-state index is 14.5. The molecule has 3 aromatic rings. The van der Waals surface area contributed by atoms with E-state index in [4.69, 9.17) is 17.2 Å². The summed E-state index contributed by atoms with van der Waals surface area (Å²) in [5.41, 5.74) is 17.8. The highest BCUT2D eigenvalue weighted by Crippen LogP contribution is 2.27. The molecule has 2 fully saturated rings. The molecule has 6 amide bonds. The number of carbonyl (C=O) groups excluding carboxylic acids is 6. The molecule has 0 radical (unpaired) electrons. The van der Waals surface area contributed by atoms with Gasteiger partial charge in [-0.15, -0.1) is 0 Å². The second-order valence-electron chi connectivity index (χ2n) is 16.3. The summed E-state index contributed by atoms with van der Waals surface area (Å²) in [5.74, 6) is -3.62. The standard InChI is InChI=1S/C44H60N10O6/c1-27(2)23-35(43(60)54-22-10-17-36(54)38(45)55)52-40(57)33(16-9-21-49-44(46)47)50-42(59)37(30-12-4-3-5-13-30)53-41(58)34(51-39(56)32-15-8-20-48-26-32)25-28-18-19-29-11-6-7-14-31(29)24-28/h6-8,11,14-15,18-20,24,26-27,30,33-37H,3-5,9-10,12-13,16-17,21-23,25H2,1-2H3,(H2,45,55)(H,50,59)(H,51,56)(H,52,57)(H,53,58)(H4,46,47,49)/t33-,34-,35-,36-,37-/m0/s1. The van der Waals surface area contributed by atoms with E-state index in [0.717, 1.165) is 35.6 Å². The predicted octanol–water partition coefficient (Wildman–Crippen LogP) is 2.19. The van der Waals surface area contributed by atoms with Crippen LogP contribution in [-0.4, -0.2) is 94.6 Å². The van der Waals surface area contributed by atoms with Gasteiger partial charge in [0.05, 0.1) is 5.56 Å². The van der Waals surface area contributed by atoms with Crippen LogP contribution in [0.25, 0.3) is 10.8 Å². The van der Waals surface area contributed by atoms with Gasteiger partial charge in [0.25, 0.3) is 5.91 Å². The van der Waals surface area contributed by atoms with Crippen molar-refractivity contribution in [1.29, 1.82) is 0 Å². The van der Waals surface area contributed by atoms with Crippen LogP contribution in [-0.2, 0) is 30.4 Å². The van der Waals surface area contributed by atoms with E-state index in [2.05, 4.69) is 31.2 Å². The van der Waals surface area contributed by atoms with Crippen molar-refractivity contribution in [2.24, 2.45) is 34.0 Å². The molecule has 10 N–H and O–H groups in total. The molecular formula is C44H60N10O6. The van der Waals surface area contributed by atoms with Gasteiger partial charge in [-0.2, -0.15) is 0 Å². The molecule has 1 saturated heterocycles. The Morgan fingerprint density at radius 2 is 1.50 bits per heavy atom. The van der Waals surface area contributed by atoms with E-state index in [-0.39, 0.29) is 49.2 Å². The van der Waals surface area contributed by atoms with Gasteiger partial charge in [0.2, 0.25) is 29.5 Å². The Morgan fingerprint density at radius 1 is 0.783 bits per heavy atom. The van der Waals surface area contributed by atoms with Gasteiger partial charge in [0.15, 0.2) is 5.96 Å². The number of guanidine groups is 1. The molecule has 1 saturated carbocycles. The van der Waals surface area contributed by atoms with Gasteiger partial charge in [-0.1, -0.05) is 75.6 Å². The number of rotatable bonds is 19. The van der Waals surface area contributed by atoms with E-state index < -0.39 is 65.7 Å². The summed E-state index contributed by atoms with van der Waals surface area (Å²) in [5, 5.41) is 13.6. The molecule has 5 atom stereocenters. The van der Waals surface area contributed by atoms with Crippen LogP contribution in [0.4, 0.5) is 0 Å². The normalized spacial score (nSPS) is 17.5. The molecule has 0 bridgehead atoms. The first kappa shape index (κ1) is 45.0. The number of pyridine rings is 1. The van der Waals surface area contributed by atoms with Gasteiger partial charge in [-0.25, -0.2) is 0 Å². The molecule has 60 heavy (non-hydrogen) atoms. The zero-order valence-electron chi connectivity index (χ0n) is 34.6. The summed E-state index contributed by atoms with van der Waals surface area (Å²) in [6.45, 7) is 4.35. The van der Waals surface area contributed by atoms with Crippen molar-refractivity contribution < 1.29 is 28.8 Å². The molecule has 1 aliphatic heterocycles. The number of benzene rings is 2. The zero-order chi connectivity index (χ0) is 43.2. The summed E-state index contributed by atoms with van der Waals surface area (Å²) in [7, 11) is 0. The Labute approximate surface area is 351 Å². The number of amides is 6. The molecule has 2 heterocycles. The third kappa shape index (κ3) is 12.7. The lowest BCUT2D eigenvalue weighted by Gasteiger charge is -2.33. The van der Waals surface area contributed by atoms with E-state index in [1.165, 1.54) is 11.1 Å². The Hall–Kier alpha value is -6.06. The predicted molar refractivity (Wildman–Crippen MR) is 229 cm³/mol. The summed E-state index contributed by atoms with van der Waals surface area (Å²) in [6.07, 6.45) is 8.88. The largest absolute Gasteiger partial charge is 0.370 e. The number of aliphatic imine (C=N–C) groups is 1. The van der Waals surface area contributed by atoms with E-state index in [1.807, 2.05) is 56.3 Å². The molecule has 1 aromatic heterocycles. The third-order valence-electron chi connectivity index (χ3n) is 11.3. The molecule has 0 spiro atoms. The smallest absolute Gasteiger partial charge is 0.253 e. The molecule has 2 aliphatic rings. The Balaban J connectivity index is 1.40. The highest BCUT2D eigenvalue weighted by atomic mass is 16.2. The van der Waals surface area contributed by atoms with Crippen LogP contribution >= 0.6 is 0 Å². The number of nitrogens with two attached hydrogens (primary N) is 3. The number of fused-ring (bicyclic) bond motifs is 1. The fraction of sp³-hybridized carbons (Fsp3) is 0.500. The van der Waals surface area contributed by atoms with Crippen molar-refractivity contribution in [1.82, 2.24) is 31.2 Å². The Bertz CT molecular complexity index is 2000. The molecule has 16 heteroatoms. The van der Waals surface area contributed by atoms with Crippen molar-refractivity contribution in [3.8, 4) is 0 Å². The first-order valence-electron chi connectivity index (χ1n) is 21.1. The lowest BCUT2D eigenvalue weighted by Crippen LogP contribution is -2.60. The quantitative estimate of drug-likeness (QED) is 0.0531. The first-order chi connectivity index (χ1) is 28.8. The zero-order valence-corrected chi connectivity index (χ0v) is 34.6. The summed E-state index contributed by atoms with van der Waals surface area (Å²) >= 11 is 0. The van der Waals surface area contributed by atoms with E-state index in [9.17, 15) is 28.8 Å². The van der Waals surface area contributed by atoms with Crippen molar-refractivity contribution in [3.05, 3.63) is 78.1 Å². The number of aromatic nitrogens is 1. The van der Waals surface area contributed by atoms with Crippen molar-refractivity contribution in [3.63, 3.8) is 0 Å². The number of likely N-dealkylation sites (tertiary alicyclic amines) is 1. The number of nitrogens with zero attached hydrogens (tertiary/aromatic N) is 3. The Morgan fingerprint density at radius 3 is 2.18 bits per heavy atom. The molecule has 5 rings (SSSR count). The molecule has 0 unspecified atom stereocenters. The molecule has 322 valence electrons. The second-order valence-corrected chi connectivity index (χ2v) is 16.3. The molecule has 16 nitrogen and oxygen atoms in total. The molecular weight excluding hydrogens is 765 g/mol. The maximum atomic E-state index is 14.5. The van der Waals surface area contributed by atoms with Gasteiger partial charge in [0, 0.05) is 31.9 Å².